The molecule has 4 heteroatoms. The Morgan fingerprint density at radius 2 is 1.81 bits per heavy atom. The van der Waals surface area contributed by atoms with E-state index >= 15 is 0 Å². The van der Waals surface area contributed by atoms with E-state index in [-0.39, 0.29) is 17.2 Å². The van der Waals surface area contributed by atoms with Crippen LogP contribution in [-0.2, 0) is 17.6 Å². The number of nitrogens with one attached hydrogen (secondary N) is 1. The van der Waals surface area contributed by atoms with Crippen molar-refractivity contribution in [2.75, 3.05) is 0 Å². The summed E-state index contributed by atoms with van der Waals surface area (Å²) in [5.74, 6) is 0.0783. The minimum absolute atomic E-state index is 0.0722. The van der Waals surface area contributed by atoms with Crippen LogP contribution in [0.15, 0.2) is 47.4 Å². The lowest BCUT2D eigenvalue weighted by atomic mass is 9.89. The van der Waals surface area contributed by atoms with Crippen molar-refractivity contribution < 1.29 is 4.79 Å². The van der Waals surface area contributed by atoms with Crippen molar-refractivity contribution in [2.45, 2.75) is 62.1 Å². The van der Waals surface area contributed by atoms with Crippen LogP contribution >= 0.6 is 23.4 Å². The lowest BCUT2D eigenvalue weighted by Crippen LogP contribution is -2.34. The number of hydrogen-bond donors (Lipinski definition) is 1. The molecule has 0 saturated carbocycles. The summed E-state index contributed by atoms with van der Waals surface area (Å²) in [4.78, 5) is 13.7. The summed E-state index contributed by atoms with van der Waals surface area (Å²) >= 11 is 7.49. The van der Waals surface area contributed by atoms with E-state index in [1.54, 1.807) is 11.8 Å². The molecule has 3 rings (SSSR count). The molecule has 2 aromatic rings. The molecule has 2 aromatic carbocycles. The number of benzene rings is 2. The van der Waals surface area contributed by atoms with Crippen LogP contribution < -0.4 is 5.32 Å². The first-order valence-electron chi connectivity index (χ1n) is 9.41. The number of carbonyl (C=O) groups is 1. The summed E-state index contributed by atoms with van der Waals surface area (Å²) in [6.07, 6.45) is 5.81. The molecule has 138 valence electrons. The molecule has 0 heterocycles. The molecule has 2 atom stereocenters. The third-order valence-electron chi connectivity index (χ3n) is 5.00. The molecular weight excluding hydrogens is 362 g/mol. The minimum atomic E-state index is -0.150. The standard InChI is InChI=1S/C22H26ClNOS/c1-3-21(18-9-8-16-6-4-5-7-17(16)14-18)24-22(25)15(2)26-20-12-10-19(23)11-13-20/h8-15,21H,3-7H2,1-2H3,(H,24,25)/t15-,21+/m0/s1. The van der Waals surface area contributed by atoms with Crippen molar-refractivity contribution in [3.63, 3.8) is 0 Å². The van der Waals surface area contributed by atoms with Gasteiger partial charge in [-0.3, -0.25) is 4.79 Å². The number of aryl methyl sites for hydroxylation is 2. The van der Waals surface area contributed by atoms with Crippen molar-refractivity contribution in [1.29, 1.82) is 0 Å². The van der Waals surface area contributed by atoms with E-state index in [0.29, 0.717) is 5.02 Å². The predicted octanol–water partition coefficient (Wildman–Crippen LogP) is 5.97. The fourth-order valence-electron chi connectivity index (χ4n) is 3.45. The number of carbonyl (C=O) groups excluding carboxylic acids is 1. The van der Waals surface area contributed by atoms with Gasteiger partial charge in [-0.25, -0.2) is 0 Å². The monoisotopic (exact) mass is 387 g/mol. The number of hydrogen-bond acceptors (Lipinski definition) is 2. The molecule has 1 amide bonds. The zero-order chi connectivity index (χ0) is 18.5. The Labute approximate surface area is 165 Å². The first-order valence-corrected chi connectivity index (χ1v) is 10.7. The van der Waals surface area contributed by atoms with Gasteiger partial charge in [-0.1, -0.05) is 36.7 Å². The van der Waals surface area contributed by atoms with Crippen LogP contribution in [0.25, 0.3) is 0 Å². The van der Waals surface area contributed by atoms with Gasteiger partial charge in [-0.05, 0) is 80.0 Å². The average molecular weight is 388 g/mol. The number of amides is 1. The third kappa shape index (κ3) is 4.83. The Kier molecular flexibility index (Phi) is 6.66. The highest BCUT2D eigenvalue weighted by Crippen LogP contribution is 2.28. The summed E-state index contributed by atoms with van der Waals surface area (Å²) in [7, 11) is 0. The molecule has 0 radical (unpaired) electrons. The van der Waals surface area contributed by atoms with Crippen molar-refractivity contribution in [3.8, 4) is 0 Å². The molecule has 0 unspecified atom stereocenters. The van der Waals surface area contributed by atoms with Gasteiger partial charge in [0, 0.05) is 9.92 Å². The molecule has 1 aliphatic carbocycles. The van der Waals surface area contributed by atoms with Gasteiger partial charge in [0.25, 0.3) is 0 Å². The van der Waals surface area contributed by atoms with Gasteiger partial charge in [-0.2, -0.15) is 0 Å². The summed E-state index contributed by atoms with van der Waals surface area (Å²) in [5, 5.41) is 3.80. The quantitative estimate of drug-likeness (QED) is 0.619. The van der Waals surface area contributed by atoms with Crippen LogP contribution in [0.3, 0.4) is 0 Å². The second kappa shape index (κ2) is 8.96. The van der Waals surface area contributed by atoms with E-state index in [4.69, 9.17) is 11.6 Å². The predicted molar refractivity (Wildman–Crippen MR) is 111 cm³/mol. The van der Waals surface area contributed by atoms with Crippen LogP contribution in [0.2, 0.25) is 5.02 Å². The van der Waals surface area contributed by atoms with E-state index in [1.807, 2.05) is 31.2 Å². The van der Waals surface area contributed by atoms with Crippen molar-refractivity contribution in [2.24, 2.45) is 0 Å². The zero-order valence-corrected chi connectivity index (χ0v) is 17.0. The molecule has 0 fully saturated rings. The Morgan fingerprint density at radius 1 is 1.12 bits per heavy atom. The molecule has 0 bridgehead atoms. The van der Waals surface area contributed by atoms with Crippen LogP contribution in [0.4, 0.5) is 0 Å². The molecular formula is C22H26ClNOS. The lowest BCUT2D eigenvalue weighted by molar-refractivity contribution is -0.121. The molecule has 1 N–H and O–H groups in total. The fourth-order valence-corrected chi connectivity index (χ4v) is 4.45. The third-order valence-corrected chi connectivity index (χ3v) is 6.36. The van der Waals surface area contributed by atoms with Crippen molar-refractivity contribution >= 4 is 29.3 Å². The van der Waals surface area contributed by atoms with E-state index in [0.717, 1.165) is 17.7 Å². The topological polar surface area (TPSA) is 29.1 Å². The van der Waals surface area contributed by atoms with Crippen LogP contribution in [0.1, 0.15) is 55.8 Å². The number of thioether (sulfide) groups is 1. The highest BCUT2D eigenvalue weighted by atomic mass is 35.5. The average Bonchev–Trinajstić information content (AvgIpc) is 2.67. The first-order chi connectivity index (χ1) is 12.6. The Balaban J connectivity index is 1.65. The van der Waals surface area contributed by atoms with E-state index in [1.165, 1.54) is 36.0 Å². The van der Waals surface area contributed by atoms with Crippen LogP contribution in [-0.4, -0.2) is 11.2 Å². The van der Waals surface area contributed by atoms with Gasteiger partial charge in [0.05, 0.1) is 11.3 Å². The maximum atomic E-state index is 12.7. The normalized spacial score (nSPS) is 15.8. The van der Waals surface area contributed by atoms with Gasteiger partial charge in [0.2, 0.25) is 5.91 Å². The number of halogens is 1. The second-order valence-electron chi connectivity index (χ2n) is 6.92. The van der Waals surface area contributed by atoms with Gasteiger partial charge in [-0.15, -0.1) is 11.8 Å². The van der Waals surface area contributed by atoms with E-state index < -0.39 is 0 Å². The van der Waals surface area contributed by atoms with Gasteiger partial charge >= 0.3 is 0 Å². The van der Waals surface area contributed by atoms with E-state index in [2.05, 4.69) is 30.4 Å². The van der Waals surface area contributed by atoms with Crippen LogP contribution in [0, 0.1) is 0 Å². The first kappa shape index (κ1) is 19.3. The highest BCUT2D eigenvalue weighted by molar-refractivity contribution is 8.00. The summed E-state index contributed by atoms with van der Waals surface area (Å²) in [6, 6.07) is 14.4. The smallest absolute Gasteiger partial charge is 0.233 e. The molecule has 0 aliphatic heterocycles. The minimum Gasteiger partial charge on any atom is -0.348 e. The van der Waals surface area contributed by atoms with Crippen molar-refractivity contribution in [1.82, 2.24) is 5.32 Å². The maximum Gasteiger partial charge on any atom is 0.233 e. The largest absolute Gasteiger partial charge is 0.348 e. The molecule has 2 nitrogen and oxygen atoms in total. The summed E-state index contributed by atoms with van der Waals surface area (Å²) < 4.78 is 0. The second-order valence-corrected chi connectivity index (χ2v) is 8.77. The molecule has 0 spiro atoms. The lowest BCUT2D eigenvalue weighted by Gasteiger charge is -2.23. The molecule has 1 aliphatic rings. The summed E-state index contributed by atoms with van der Waals surface area (Å²) in [5.41, 5.74) is 4.17. The maximum absolute atomic E-state index is 12.7. The van der Waals surface area contributed by atoms with Gasteiger partial charge in [0.1, 0.15) is 0 Å². The summed E-state index contributed by atoms with van der Waals surface area (Å²) in [6.45, 7) is 4.08. The molecule has 26 heavy (non-hydrogen) atoms. The van der Waals surface area contributed by atoms with Gasteiger partial charge in [0.15, 0.2) is 0 Å². The Hall–Kier alpha value is -1.45. The van der Waals surface area contributed by atoms with Crippen molar-refractivity contribution in [3.05, 3.63) is 64.2 Å². The van der Waals surface area contributed by atoms with E-state index in [9.17, 15) is 4.79 Å². The molecule has 0 saturated heterocycles. The van der Waals surface area contributed by atoms with Gasteiger partial charge < -0.3 is 5.32 Å². The Morgan fingerprint density at radius 3 is 2.50 bits per heavy atom. The zero-order valence-electron chi connectivity index (χ0n) is 15.4. The SMILES string of the molecule is CC[C@@H](NC(=O)[C@H](C)Sc1ccc(Cl)cc1)c1ccc2c(c1)CCCC2. The number of rotatable bonds is 6. The Bertz CT molecular complexity index is 759. The highest BCUT2D eigenvalue weighted by Gasteiger charge is 2.20. The fraction of sp³-hybridized carbons (Fsp3) is 0.409. The van der Waals surface area contributed by atoms with Crippen LogP contribution in [0.5, 0.6) is 0 Å². The number of fused-ring (bicyclic) bond motifs is 1. The molecule has 0 aromatic heterocycles.